The van der Waals surface area contributed by atoms with Crippen LogP contribution in [0.4, 0.5) is 5.82 Å². The van der Waals surface area contributed by atoms with Crippen molar-refractivity contribution in [1.82, 2.24) is 15.1 Å². The molecular formula is C15H16N4O5. The van der Waals surface area contributed by atoms with E-state index in [1.807, 2.05) is 30.3 Å². The molecule has 0 aliphatic carbocycles. The molecule has 1 amide bonds. The van der Waals surface area contributed by atoms with Crippen molar-refractivity contribution in [2.24, 2.45) is 5.92 Å². The first-order valence-corrected chi connectivity index (χ1v) is 7.17. The van der Waals surface area contributed by atoms with Crippen molar-refractivity contribution >= 4 is 17.7 Å². The average molecular weight is 332 g/mol. The molecule has 1 unspecified atom stereocenters. The van der Waals surface area contributed by atoms with Crippen molar-refractivity contribution in [3.8, 4) is 0 Å². The lowest BCUT2D eigenvalue weighted by Crippen LogP contribution is -2.36. The summed E-state index contributed by atoms with van der Waals surface area (Å²) in [6.07, 6.45) is 1.61. The van der Waals surface area contributed by atoms with E-state index in [1.165, 1.54) is 12.3 Å². The fraction of sp³-hybridized carbons (Fsp3) is 0.267. The molecule has 0 spiro atoms. The second-order valence-electron chi connectivity index (χ2n) is 5.16. The Kier molecular flexibility index (Phi) is 5.61. The number of nitrogens with zero attached hydrogens (tertiary/aromatic N) is 3. The number of amides is 1. The maximum absolute atomic E-state index is 11.8. The van der Waals surface area contributed by atoms with E-state index in [1.54, 1.807) is 0 Å². The highest BCUT2D eigenvalue weighted by atomic mass is 16.6. The lowest BCUT2D eigenvalue weighted by Gasteiger charge is -2.13. The number of aliphatic carboxylic acids is 1. The first-order chi connectivity index (χ1) is 11.5. The van der Waals surface area contributed by atoms with E-state index in [2.05, 4.69) is 10.4 Å². The van der Waals surface area contributed by atoms with Crippen LogP contribution in [0.3, 0.4) is 0 Å². The van der Waals surface area contributed by atoms with Crippen LogP contribution < -0.4 is 5.32 Å². The van der Waals surface area contributed by atoms with Crippen molar-refractivity contribution in [2.45, 2.75) is 13.0 Å². The van der Waals surface area contributed by atoms with Crippen molar-refractivity contribution in [3.63, 3.8) is 0 Å². The number of nitro groups is 1. The number of rotatable bonds is 8. The minimum absolute atomic E-state index is 0.0353. The molecule has 1 aromatic heterocycles. The fourth-order valence-corrected chi connectivity index (χ4v) is 2.12. The van der Waals surface area contributed by atoms with Gasteiger partial charge in [-0.1, -0.05) is 30.3 Å². The Labute approximate surface area is 137 Å². The van der Waals surface area contributed by atoms with Gasteiger partial charge in [-0.05, 0) is 16.9 Å². The third-order valence-corrected chi connectivity index (χ3v) is 3.34. The molecule has 0 aliphatic heterocycles. The Hall–Kier alpha value is -3.23. The Bertz CT molecular complexity index is 728. The van der Waals surface area contributed by atoms with Crippen LogP contribution in [-0.4, -0.2) is 38.2 Å². The molecule has 0 saturated carbocycles. The standard InChI is InChI=1S/C15H16N4O5/c20-14(10-18-7-6-13(17-18)19(23)24)16-9-12(15(21)22)8-11-4-2-1-3-5-11/h1-7,12H,8-10H2,(H,16,20)(H,21,22). The van der Waals surface area contributed by atoms with Crippen LogP contribution in [0.25, 0.3) is 0 Å². The van der Waals surface area contributed by atoms with E-state index in [9.17, 15) is 24.8 Å². The van der Waals surface area contributed by atoms with Gasteiger partial charge in [0.1, 0.15) is 6.54 Å². The lowest BCUT2D eigenvalue weighted by atomic mass is 9.99. The molecule has 0 saturated heterocycles. The Morgan fingerprint density at radius 1 is 1.29 bits per heavy atom. The molecule has 126 valence electrons. The summed E-state index contributed by atoms with van der Waals surface area (Å²) in [4.78, 5) is 33.0. The van der Waals surface area contributed by atoms with Crippen LogP contribution in [0.15, 0.2) is 42.6 Å². The Balaban J connectivity index is 1.87. The summed E-state index contributed by atoms with van der Waals surface area (Å²) in [7, 11) is 0. The summed E-state index contributed by atoms with van der Waals surface area (Å²) in [6, 6.07) is 10.3. The van der Waals surface area contributed by atoms with Gasteiger partial charge < -0.3 is 20.5 Å². The van der Waals surface area contributed by atoms with E-state index in [4.69, 9.17) is 0 Å². The van der Waals surface area contributed by atoms with Gasteiger partial charge in [0.15, 0.2) is 0 Å². The molecule has 2 N–H and O–H groups in total. The molecule has 0 fully saturated rings. The van der Waals surface area contributed by atoms with Crippen LogP contribution in [0.1, 0.15) is 5.56 Å². The second-order valence-corrected chi connectivity index (χ2v) is 5.16. The zero-order valence-corrected chi connectivity index (χ0v) is 12.7. The smallest absolute Gasteiger partial charge is 0.389 e. The number of carbonyl (C=O) groups excluding carboxylic acids is 1. The third kappa shape index (κ3) is 4.90. The van der Waals surface area contributed by atoms with Crippen molar-refractivity contribution in [1.29, 1.82) is 0 Å². The average Bonchev–Trinajstić information content (AvgIpc) is 3.01. The molecule has 2 aromatic rings. The lowest BCUT2D eigenvalue weighted by molar-refractivity contribution is -0.389. The topological polar surface area (TPSA) is 127 Å². The number of aromatic nitrogens is 2. The molecule has 24 heavy (non-hydrogen) atoms. The van der Waals surface area contributed by atoms with E-state index >= 15 is 0 Å². The van der Waals surface area contributed by atoms with Gasteiger partial charge in [0.25, 0.3) is 0 Å². The SMILES string of the molecule is O=C(Cn1ccc([N+](=O)[O-])n1)NCC(Cc1ccccc1)C(=O)O. The Morgan fingerprint density at radius 3 is 2.58 bits per heavy atom. The molecular weight excluding hydrogens is 316 g/mol. The fourth-order valence-electron chi connectivity index (χ4n) is 2.12. The van der Waals surface area contributed by atoms with Crippen LogP contribution in [0.5, 0.6) is 0 Å². The monoisotopic (exact) mass is 332 g/mol. The summed E-state index contributed by atoms with van der Waals surface area (Å²) in [5, 5.41) is 25.9. The van der Waals surface area contributed by atoms with Gasteiger partial charge in [-0.2, -0.15) is 4.68 Å². The van der Waals surface area contributed by atoms with Crippen LogP contribution >= 0.6 is 0 Å². The van der Waals surface area contributed by atoms with Crippen molar-refractivity contribution < 1.29 is 19.6 Å². The third-order valence-electron chi connectivity index (χ3n) is 3.34. The maximum Gasteiger partial charge on any atom is 0.389 e. The number of carboxylic acid groups (broad SMARTS) is 1. The minimum atomic E-state index is -1.01. The number of hydrogen-bond donors (Lipinski definition) is 2. The highest BCUT2D eigenvalue weighted by Crippen LogP contribution is 2.09. The molecule has 1 aromatic carbocycles. The normalized spacial score (nSPS) is 11.7. The summed E-state index contributed by atoms with van der Waals surface area (Å²) in [5.41, 5.74) is 0.863. The highest BCUT2D eigenvalue weighted by Gasteiger charge is 2.20. The molecule has 1 heterocycles. The molecule has 0 bridgehead atoms. The van der Waals surface area contributed by atoms with E-state index in [0.29, 0.717) is 6.42 Å². The number of nitrogens with one attached hydrogen (secondary N) is 1. The zero-order valence-electron chi connectivity index (χ0n) is 12.7. The number of hydrogen-bond acceptors (Lipinski definition) is 5. The van der Waals surface area contributed by atoms with Gasteiger partial charge in [-0.3, -0.25) is 9.59 Å². The van der Waals surface area contributed by atoms with Crippen LogP contribution in [0, 0.1) is 16.0 Å². The molecule has 9 nitrogen and oxygen atoms in total. The zero-order chi connectivity index (χ0) is 17.5. The second kappa shape index (κ2) is 7.86. The largest absolute Gasteiger partial charge is 0.481 e. The van der Waals surface area contributed by atoms with E-state index in [0.717, 1.165) is 10.2 Å². The summed E-state index contributed by atoms with van der Waals surface area (Å²) < 4.78 is 1.13. The van der Waals surface area contributed by atoms with Crippen molar-refractivity contribution in [2.75, 3.05) is 6.54 Å². The van der Waals surface area contributed by atoms with Gasteiger partial charge in [0.05, 0.1) is 23.3 Å². The van der Waals surface area contributed by atoms with Gasteiger partial charge in [0.2, 0.25) is 5.91 Å². The van der Waals surface area contributed by atoms with Gasteiger partial charge >= 0.3 is 11.8 Å². The Morgan fingerprint density at radius 2 is 2.00 bits per heavy atom. The maximum atomic E-state index is 11.8. The summed E-state index contributed by atoms with van der Waals surface area (Å²) >= 11 is 0. The molecule has 0 aliphatic rings. The van der Waals surface area contributed by atoms with Crippen LogP contribution in [-0.2, 0) is 22.6 Å². The number of carbonyl (C=O) groups is 2. The molecule has 0 radical (unpaired) electrons. The van der Waals surface area contributed by atoms with E-state index < -0.39 is 22.7 Å². The van der Waals surface area contributed by atoms with E-state index in [-0.39, 0.29) is 18.9 Å². The predicted molar refractivity (Wildman–Crippen MR) is 83.2 cm³/mol. The minimum Gasteiger partial charge on any atom is -0.481 e. The van der Waals surface area contributed by atoms with Crippen molar-refractivity contribution in [3.05, 3.63) is 58.3 Å². The molecule has 9 heteroatoms. The summed E-state index contributed by atoms with van der Waals surface area (Å²) in [6.45, 7) is -0.252. The number of carboxylic acids is 1. The number of benzene rings is 1. The first-order valence-electron chi connectivity index (χ1n) is 7.17. The quantitative estimate of drug-likeness (QED) is 0.545. The van der Waals surface area contributed by atoms with Crippen LogP contribution in [0.2, 0.25) is 0 Å². The first kappa shape index (κ1) is 17.1. The highest BCUT2D eigenvalue weighted by molar-refractivity contribution is 5.77. The van der Waals surface area contributed by atoms with Gasteiger partial charge in [-0.25, -0.2) is 0 Å². The molecule has 2 rings (SSSR count). The summed E-state index contributed by atoms with van der Waals surface area (Å²) in [5.74, 6) is -2.58. The van der Waals surface area contributed by atoms with Gasteiger partial charge in [-0.15, -0.1) is 0 Å². The van der Waals surface area contributed by atoms with Gasteiger partial charge in [0, 0.05) is 6.54 Å². The predicted octanol–water partition coefficient (Wildman–Crippen LogP) is 0.851. The molecule has 1 atom stereocenters.